The summed E-state index contributed by atoms with van der Waals surface area (Å²) in [6.45, 7) is 2.83. The number of amides is 2. The quantitative estimate of drug-likeness (QED) is 0.641. The molecule has 0 heterocycles. The molecule has 2 aromatic rings. The fourth-order valence-electron chi connectivity index (χ4n) is 2.01. The number of carbonyl (C=O) groups excluding carboxylic acids is 2. The van der Waals surface area contributed by atoms with Crippen molar-refractivity contribution < 1.29 is 14.3 Å². The number of nitrogens with one attached hydrogen (secondary N) is 2. The van der Waals surface area contributed by atoms with Crippen LogP contribution in [0, 0.1) is 6.92 Å². The van der Waals surface area contributed by atoms with Crippen LogP contribution in [0.25, 0.3) is 0 Å². The van der Waals surface area contributed by atoms with Gasteiger partial charge in [-0.15, -0.1) is 11.8 Å². The van der Waals surface area contributed by atoms with Crippen LogP contribution in [0.1, 0.15) is 5.56 Å². The van der Waals surface area contributed by atoms with Crippen molar-refractivity contribution in [2.75, 3.05) is 30.0 Å². The molecule has 2 aromatic carbocycles. The van der Waals surface area contributed by atoms with Crippen molar-refractivity contribution in [2.24, 2.45) is 0 Å². The predicted molar refractivity (Wildman–Crippen MR) is 107 cm³/mol. The lowest BCUT2D eigenvalue weighted by atomic mass is 10.2. The maximum Gasteiger partial charge on any atom is 0.234 e. The van der Waals surface area contributed by atoms with Gasteiger partial charge in [-0.05, 0) is 43.3 Å². The molecule has 0 saturated carbocycles. The van der Waals surface area contributed by atoms with Crippen LogP contribution >= 0.6 is 23.4 Å². The van der Waals surface area contributed by atoms with Crippen molar-refractivity contribution in [2.45, 2.75) is 6.92 Å². The van der Waals surface area contributed by atoms with E-state index < -0.39 is 0 Å². The van der Waals surface area contributed by atoms with Crippen molar-refractivity contribution >= 4 is 40.9 Å². The van der Waals surface area contributed by atoms with Crippen LogP contribution in [-0.2, 0) is 9.59 Å². The smallest absolute Gasteiger partial charge is 0.234 e. The van der Waals surface area contributed by atoms with E-state index in [1.165, 1.54) is 17.3 Å². The molecule has 2 N–H and O–H groups in total. The van der Waals surface area contributed by atoms with Crippen molar-refractivity contribution in [1.29, 1.82) is 0 Å². The first-order chi connectivity index (χ1) is 12.5. The van der Waals surface area contributed by atoms with Crippen LogP contribution in [0.5, 0.6) is 5.75 Å². The van der Waals surface area contributed by atoms with E-state index in [9.17, 15) is 9.59 Å². The third-order valence-electron chi connectivity index (χ3n) is 3.31. The first-order valence-corrected chi connectivity index (χ1v) is 9.65. The Morgan fingerprint density at radius 2 is 1.65 bits per heavy atom. The summed E-state index contributed by atoms with van der Waals surface area (Å²) in [4.78, 5) is 23.5. The van der Waals surface area contributed by atoms with Gasteiger partial charge in [0.15, 0.2) is 0 Å². The standard InChI is InChI=1S/C19H21ClN2O3S/c1-14-2-8-17(9-3-14)25-11-10-21-18(23)12-26-13-19(24)22-16-6-4-15(20)5-7-16/h2-9H,10-13H2,1H3,(H,21,23)(H,22,24). The van der Waals surface area contributed by atoms with Crippen molar-refractivity contribution in [3.63, 3.8) is 0 Å². The van der Waals surface area contributed by atoms with E-state index in [2.05, 4.69) is 10.6 Å². The van der Waals surface area contributed by atoms with Gasteiger partial charge >= 0.3 is 0 Å². The maximum atomic E-state index is 11.8. The molecule has 5 nitrogen and oxygen atoms in total. The Balaban J connectivity index is 1.54. The average molecular weight is 393 g/mol. The van der Waals surface area contributed by atoms with Gasteiger partial charge in [-0.1, -0.05) is 29.3 Å². The fraction of sp³-hybridized carbons (Fsp3) is 0.263. The summed E-state index contributed by atoms with van der Waals surface area (Å²) in [6.07, 6.45) is 0. The van der Waals surface area contributed by atoms with E-state index in [-0.39, 0.29) is 23.3 Å². The van der Waals surface area contributed by atoms with Gasteiger partial charge in [0.05, 0.1) is 18.1 Å². The molecule has 26 heavy (non-hydrogen) atoms. The second kappa shape index (κ2) is 10.7. The molecule has 7 heteroatoms. The Labute approximate surface area is 162 Å². The second-order valence-corrected chi connectivity index (χ2v) is 6.98. The topological polar surface area (TPSA) is 67.4 Å². The minimum atomic E-state index is -0.159. The molecule has 0 aliphatic heterocycles. The zero-order chi connectivity index (χ0) is 18.8. The van der Waals surface area contributed by atoms with E-state index in [1.54, 1.807) is 24.3 Å². The number of hydrogen-bond acceptors (Lipinski definition) is 4. The minimum Gasteiger partial charge on any atom is -0.492 e. The maximum absolute atomic E-state index is 11.8. The van der Waals surface area contributed by atoms with Gasteiger partial charge in [0.1, 0.15) is 12.4 Å². The molecule has 0 saturated heterocycles. The van der Waals surface area contributed by atoms with Crippen LogP contribution < -0.4 is 15.4 Å². The molecule has 0 radical (unpaired) electrons. The number of aryl methyl sites for hydroxylation is 1. The summed E-state index contributed by atoms with van der Waals surface area (Å²) >= 11 is 7.05. The zero-order valence-electron chi connectivity index (χ0n) is 14.5. The van der Waals surface area contributed by atoms with E-state index >= 15 is 0 Å². The van der Waals surface area contributed by atoms with Gasteiger partial charge in [0.2, 0.25) is 11.8 Å². The first-order valence-electron chi connectivity index (χ1n) is 8.12. The van der Waals surface area contributed by atoms with Crippen LogP contribution in [0.15, 0.2) is 48.5 Å². The molecule has 138 valence electrons. The van der Waals surface area contributed by atoms with Crippen molar-refractivity contribution in [3.8, 4) is 5.75 Å². The molecule has 2 amide bonds. The summed E-state index contributed by atoms with van der Waals surface area (Å²) < 4.78 is 5.53. The van der Waals surface area contributed by atoms with Gasteiger partial charge < -0.3 is 15.4 Å². The Morgan fingerprint density at radius 1 is 1.00 bits per heavy atom. The highest BCUT2D eigenvalue weighted by Crippen LogP contribution is 2.14. The highest BCUT2D eigenvalue weighted by atomic mass is 35.5. The van der Waals surface area contributed by atoms with Crippen LogP contribution in [0.4, 0.5) is 5.69 Å². The fourth-order valence-corrected chi connectivity index (χ4v) is 2.78. The number of benzene rings is 2. The molecule has 2 rings (SSSR count). The number of hydrogen-bond donors (Lipinski definition) is 2. The van der Waals surface area contributed by atoms with Gasteiger partial charge in [-0.2, -0.15) is 0 Å². The summed E-state index contributed by atoms with van der Waals surface area (Å²) in [7, 11) is 0. The molecule has 0 spiro atoms. The highest BCUT2D eigenvalue weighted by Gasteiger charge is 2.06. The molecule has 0 unspecified atom stereocenters. The average Bonchev–Trinajstić information content (AvgIpc) is 2.62. The number of rotatable bonds is 9. The Morgan fingerprint density at radius 3 is 2.35 bits per heavy atom. The Hall–Kier alpha value is -2.18. The lowest BCUT2D eigenvalue weighted by Gasteiger charge is -2.08. The van der Waals surface area contributed by atoms with Gasteiger partial charge in [-0.25, -0.2) is 0 Å². The largest absolute Gasteiger partial charge is 0.492 e. The minimum absolute atomic E-state index is 0.123. The van der Waals surface area contributed by atoms with E-state index in [4.69, 9.17) is 16.3 Å². The Kier molecular flexibility index (Phi) is 8.31. The van der Waals surface area contributed by atoms with Crippen molar-refractivity contribution in [3.05, 3.63) is 59.1 Å². The third-order valence-corrected chi connectivity index (χ3v) is 4.49. The monoisotopic (exact) mass is 392 g/mol. The molecule has 0 aromatic heterocycles. The van der Waals surface area contributed by atoms with Crippen LogP contribution in [0.2, 0.25) is 5.02 Å². The van der Waals surface area contributed by atoms with Gasteiger partial charge in [-0.3, -0.25) is 9.59 Å². The normalized spacial score (nSPS) is 10.2. The number of ether oxygens (including phenoxy) is 1. The number of anilines is 1. The van der Waals surface area contributed by atoms with Gasteiger partial charge in [0.25, 0.3) is 0 Å². The summed E-state index contributed by atoms with van der Waals surface area (Å²) in [5.74, 6) is 0.918. The highest BCUT2D eigenvalue weighted by molar-refractivity contribution is 8.00. The molecule has 0 atom stereocenters. The summed E-state index contributed by atoms with van der Waals surface area (Å²) in [5, 5.41) is 6.12. The van der Waals surface area contributed by atoms with Crippen molar-refractivity contribution in [1.82, 2.24) is 5.32 Å². The summed E-state index contributed by atoms with van der Waals surface area (Å²) in [6, 6.07) is 14.6. The zero-order valence-corrected chi connectivity index (χ0v) is 16.0. The van der Waals surface area contributed by atoms with Gasteiger partial charge in [0, 0.05) is 10.7 Å². The molecule has 0 aliphatic rings. The van der Waals surface area contributed by atoms with E-state index in [0.29, 0.717) is 23.9 Å². The second-order valence-electron chi connectivity index (χ2n) is 5.56. The molecule has 0 aliphatic carbocycles. The Bertz CT molecular complexity index is 721. The molecular formula is C19H21ClN2O3S. The van der Waals surface area contributed by atoms with Crippen LogP contribution in [-0.4, -0.2) is 36.5 Å². The number of thioether (sulfide) groups is 1. The lowest BCUT2D eigenvalue weighted by Crippen LogP contribution is -2.30. The summed E-state index contributed by atoms with van der Waals surface area (Å²) in [5.41, 5.74) is 1.85. The molecule has 0 bridgehead atoms. The number of halogens is 1. The molecular weight excluding hydrogens is 372 g/mol. The SMILES string of the molecule is Cc1ccc(OCCNC(=O)CSCC(=O)Nc2ccc(Cl)cc2)cc1. The first kappa shape index (κ1) is 20.1. The number of carbonyl (C=O) groups is 2. The van der Waals surface area contributed by atoms with Crippen LogP contribution in [0.3, 0.4) is 0 Å². The van der Waals surface area contributed by atoms with E-state index in [0.717, 1.165) is 5.75 Å². The lowest BCUT2D eigenvalue weighted by molar-refractivity contribution is -0.118. The third kappa shape index (κ3) is 7.80. The van der Waals surface area contributed by atoms with E-state index in [1.807, 2.05) is 31.2 Å². The predicted octanol–water partition coefficient (Wildman–Crippen LogP) is 3.52. The molecule has 0 fully saturated rings.